The molecule has 1 heterocycles. The van der Waals surface area contributed by atoms with Crippen LogP contribution in [0.4, 0.5) is 10.8 Å². The van der Waals surface area contributed by atoms with Crippen LogP contribution >= 0.6 is 11.3 Å². The van der Waals surface area contributed by atoms with E-state index in [1.165, 1.54) is 43.6 Å². The van der Waals surface area contributed by atoms with Crippen molar-refractivity contribution >= 4 is 32.4 Å². The first-order chi connectivity index (χ1) is 23.1. The second-order valence-corrected chi connectivity index (χ2v) is 12.7. The molecule has 6 aromatic carbocycles. The quantitative estimate of drug-likeness (QED) is 0.129. The third-order valence-electron chi connectivity index (χ3n) is 7.53. The van der Waals surface area contributed by atoms with Gasteiger partial charge < -0.3 is 10.3 Å². The maximum atomic E-state index is 4.92. The van der Waals surface area contributed by atoms with E-state index in [4.69, 9.17) is 10.3 Å². The molecule has 7 aromatic rings. The largest absolute Gasteiger partial charge is 4.00 e. The fourth-order valence-electron chi connectivity index (χ4n) is 5.30. The molecule has 0 unspecified atom stereocenters. The zero-order valence-corrected chi connectivity index (χ0v) is 33.6. The molecule has 1 aromatic heterocycles. The number of para-hydroxylation sites is 2. The fraction of sp³-hybridized carbons (Fsp3) is 0.111. The van der Waals surface area contributed by atoms with Crippen LogP contribution in [-0.4, -0.2) is 4.98 Å². The second kappa shape index (κ2) is 19.5. The topological polar surface area (TPSA) is 27.0 Å². The summed E-state index contributed by atoms with van der Waals surface area (Å²) in [5, 5.41) is 5.70. The van der Waals surface area contributed by atoms with Gasteiger partial charge in [-0.1, -0.05) is 66.2 Å². The number of hydrogen-bond donors (Lipinski definition) is 0. The van der Waals surface area contributed by atoms with Gasteiger partial charge in [-0.05, 0) is 90.4 Å². The van der Waals surface area contributed by atoms with Crippen molar-refractivity contribution in [2.45, 2.75) is 34.6 Å². The van der Waals surface area contributed by atoms with Gasteiger partial charge in [-0.25, -0.2) is 0 Å². The molecule has 49 heavy (non-hydrogen) atoms. The molecule has 0 bridgehead atoms. The molecule has 0 amide bonds. The minimum Gasteiger partial charge on any atom is -0.427 e. The van der Waals surface area contributed by atoms with Gasteiger partial charge in [0.1, 0.15) is 0 Å². The van der Waals surface area contributed by atoms with Crippen molar-refractivity contribution < 1.29 is 25.8 Å². The number of fused-ring (bicyclic) bond motifs is 1. The van der Waals surface area contributed by atoms with E-state index in [9.17, 15) is 0 Å². The summed E-state index contributed by atoms with van der Waals surface area (Å²) in [6.45, 7) is 21.9. The number of aromatic nitrogens is 1. The van der Waals surface area contributed by atoms with Crippen LogP contribution in [0.5, 0.6) is 0 Å². The van der Waals surface area contributed by atoms with E-state index in [-0.39, 0.29) is 25.8 Å². The number of rotatable bonds is 3. The van der Waals surface area contributed by atoms with Crippen molar-refractivity contribution in [1.82, 2.24) is 4.98 Å². The van der Waals surface area contributed by atoms with E-state index in [1.54, 1.807) is 11.3 Å². The standard InChI is InChI=1S/C24H23N2S.3C7H7.Hf/c1-14-12-17(4)21(18(5)13-14)19-10-7-11-20-23(19)26-24(27-20)25-22-15(2)8-6-9-16(22)3;3*1-7-5-3-2-4-6-7;/h6-13H,1-5H3;3*2-6H,1H2;/q4*-1;+4. The molecule has 0 fully saturated rings. The Morgan fingerprint density at radius 1 is 0.510 bits per heavy atom. The van der Waals surface area contributed by atoms with Crippen LogP contribution < -0.4 is 0 Å². The summed E-state index contributed by atoms with van der Waals surface area (Å²) >= 11 is 1.66. The van der Waals surface area contributed by atoms with Gasteiger partial charge in [-0.15, -0.1) is 47.7 Å². The second-order valence-electron chi connectivity index (χ2n) is 11.7. The van der Waals surface area contributed by atoms with Gasteiger partial charge in [0.25, 0.3) is 0 Å². The summed E-state index contributed by atoms with van der Waals surface area (Å²) in [6, 6.07) is 46.8. The summed E-state index contributed by atoms with van der Waals surface area (Å²) in [6.07, 6.45) is 0. The summed E-state index contributed by atoms with van der Waals surface area (Å²) in [5.74, 6) is 0. The van der Waals surface area contributed by atoms with Crippen molar-refractivity contribution in [2.24, 2.45) is 0 Å². The third-order valence-corrected chi connectivity index (χ3v) is 8.44. The van der Waals surface area contributed by atoms with Gasteiger partial charge >= 0.3 is 25.8 Å². The van der Waals surface area contributed by atoms with Crippen LogP contribution in [-0.2, 0) is 25.8 Å². The fourth-order valence-corrected chi connectivity index (χ4v) is 6.17. The maximum Gasteiger partial charge on any atom is 4.00 e. The van der Waals surface area contributed by atoms with Gasteiger partial charge in [0.05, 0.1) is 0 Å². The number of hydrogen-bond acceptors (Lipinski definition) is 2. The molecule has 0 saturated heterocycles. The van der Waals surface area contributed by atoms with Crippen LogP contribution in [0.1, 0.15) is 44.5 Å². The normalized spacial score (nSPS) is 9.82. The van der Waals surface area contributed by atoms with Crippen molar-refractivity contribution in [3.05, 3.63) is 210 Å². The molecule has 0 aliphatic carbocycles. The molecule has 0 spiro atoms. The number of benzene rings is 6. The first-order valence-electron chi connectivity index (χ1n) is 16.0. The number of thiazole rings is 1. The molecule has 0 radical (unpaired) electrons. The molecule has 0 aliphatic rings. The molecule has 4 heteroatoms. The predicted molar refractivity (Wildman–Crippen MR) is 211 cm³/mol. The van der Waals surface area contributed by atoms with E-state index in [1.807, 2.05) is 91.0 Å². The van der Waals surface area contributed by atoms with Gasteiger partial charge in [0.2, 0.25) is 0 Å². The molecule has 0 N–H and O–H groups in total. The van der Waals surface area contributed by atoms with Crippen LogP contribution in [0, 0.1) is 55.4 Å². The predicted octanol–water partition coefficient (Wildman–Crippen LogP) is 13.4. The van der Waals surface area contributed by atoms with Crippen LogP contribution in [0.3, 0.4) is 0 Å². The van der Waals surface area contributed by atoms with Crippen molar-refractivity contribution in [1.29, 1.82) is 0 Å². The average molecular weight is 823 g/mol. The van der Waals surface area contributed by atoms with Gasteiger partial charge in [0, 0.05) is 4.70 Å². The summed E-state index contributed by atoms with van der Waals surface area (Å²) in [7, 11) is 0. The molecule has 0 atom stereocenters. The maximum absolute atomic E-state index is 4.92. The Labute approximate surface area is 317 Å². The Morgan fingerprint density at radius 3 is 1.35 bits per heavy atom. The zero-order valence-electron chi connectivity index (χ0n) is 29.2. The summed E-state index contributed by atoms with van der Waals surface area (Å²) in [4.78, 5) is 4.92. The number of nitrogens with zero attached hydrogens (tertiary/aromatic N) is 2. The monoisotopic (exact) mass is 824 g/mol. The smallest absolute Gasteiger partial charge is 0.427 e. The summed E-state index contributed by atoms with van der Waals surface area (Å²) < 4.78 is 1.18. The minimum atomic E-state index is 0. The van der Waals surface area contributed by atoms with Crippen LogP contribution in [0.15, 0.2) is 140 Å². The molecule has 0 aliphatic heterocycles. The van der Waals surface area contributed by atoms with Crippen LogP contribution in [0.25, 0.3) is 26.7 Å². The Balaban J connectivity index is 0.000000238. The van der Waals surface area contributed by atoms with E-state index in [0.29, 0.717) is 0 Å². The SMILES string of the molecule is Cc1cc(C)c(-c2cccc3sc([N-]c4c(C)cccc4C)nc23)c(C)c1.[CH2-]c1ccccc1.[CH2-]c1ccccc1.[CH2-]c1ccccc1.[Hf+4]. The zero-order chi connectivity index (χ0) is 34.5. The van der Waals surface area contributed by atoms with Crippen molar-refractivity contribution in [3.8, 4) is 11.1 Å². The molecule has 0 saturated carbocycles. The third kappa shape index (κ3) is 11.8. The minimum absolute atomic E-state index is 0. The Kier molecular flexibility index (Phi) is 15.5. The van der Waals surface area contributed by atoms with Gasteiger partial charge in [-0.2, -0.15) is 73.9 Å². The first-order valence-corrected chi connectivity index (χ1v) is 16.8. The van der Waals surface area contributed by atoms with Crippen molar-refractivity contribution in [2.75, 3.05) is 0 Å². The van der Waals surface area contributed by atoms with E-state index in [2.05, 4.69) is 104 Å². The molecular formula is C45H44HfN2S. The average Bonchev–Trinajstić information content (AvgIpc) is 3.48. The van der Waals surface area contributed by atoms with E-state index >= 15 is 0 Å². The van der Waals surface area contributed by atoms with Gasteiger partial charge in [-0.3, -0.25) is 0 Å². The molecule has 7 rings (SSSR count). The number of aryl methyl sites for hydroxylation is 5. The Hall–Kier alpha value is -4.51. The Bertz CT molecular complexity index is 1880. The molecule has 2 nitrogen and oxygen atoms in total. The van der Waals surface area contributed by atoms with E-state index in [0.717, 1.165) is 33.0 Å². The molecular weight excluding hydrogens is 779 g/mol. The van der Waals surface area contributed by atoms with Gasteiger partial charge in [0.15, 0.2) is 0 Å². The first kappa shape index (κ1) is 38.9. The molecule has 244 valence electrons. The van der Waals surface area contributed by atoms with Crippen LogP contribution in [0.2, 0.25) is 0 Å². The Morgan fingerprint density at radius 2 is 0.939 bits per heavy atom. The van der Waals surface area contributed by atoms with E-state index < -0.39 is 0 Å². The summed E-state index contributed by atoms with van der Waals surface area (Å²) in [5.41, 5.74) is 14.0. The van der Waals surface area contributed by atoms with Crippen molar-refractivity contribution in [3.63, 3.8) is 0 Å².